The van der Waals surface area contributed by atoms with Crippen LogP contribution in [0.4, 0.5) is 4.79 Å². The molecule has 1 saturated heterocycles. The predicted molar refractivity (Wildman–Crippen MR) is 71.4 cm³/mol. The number of carboxylic acid groups (broad SMARTS) is 1. The highest BCUT2D eigenvalue weighted by atomic mass is 16.4. The fourth-order valence-corrected chi connectivity index (χ4v) is 2.73. The number of aliphatic hydroxyl groups excluding tert-OH is 1. The van der Waals surface area contributed by atoms with Crippen molar-refractivity contribution in [3.63, 3.8) is 0 Å². The predicted octanol–water partition coefficient (Wildman–Crippen LogP) is 0.884. The van der Waals surface area contributed by atoms with Crippen molar-refractivity contribution in [3.05, 3.63) is 24.2 Å². The molecule has 2 fully saturated rings. The highest BCUT2D eigenvalue weighted by molar-refractivity contribution is 5.83. The number of aliphatic carboxylic acids is 1. The van der Waals surface area contributed by atoms with E-state index >= 15 is 0 Å². The molecule has 2 amide bonds. The van der Waals surface area contributed by atoms with Crippen molar-refractivity contribution < 1.29 is 24.2 Å². The van der Waals surface area contributed by atoms with Gasteiger partial charge in [-0.05, 0) is 25.0 Å². The van der Waals surface area contributed by atoms with Crippen LogP contribution < -0.4 is 0 Å². The second-order valence-electron chi connectivity index (χ2n) is 5.62. The van der Waals surface area contributed by atoms with Crippen LogP contribution in [-0.4, -0.2) is 56.7 Å². The third kappa shape index (κ3) is 2.87. The van der Waals surface area contributed by atoms with Crippen molar-refractivity contribution in [2.45, 2.75) is 44.0 Å². The highest BCUT2D eigenvalue weighted by Crippen LogP contribution is 2.31. The van der Waals surface area contributed by atoms with Crippen LogP contribution in [0.1, 0.15) is 25.0 Å². The van der Waals surface area contributed by atoms with Crippen molar-refractivity contribution in [1.82, 2.24) is 9.80 Å². The first kappa shape index (κ1) is 13.9. The van der Waals surface area contributed by atoms with Gasteiger partial charge in [0.1, 0.15) is 11.8 Å². The van der Waals surface area contributed by atoms with Crippen LogP contribution in [0.25, 0.3) is 0 Å². The van der Waals surface area contributed by atoms with Crippen molar-refractivity contribution in [3.8, 4) is 0 Å². The van der Waals surface area contributed by atoms with Gasteiger partial charge in [0.25, 0.3) is 0 Å². The molecule has 7 heteroatoms. The Morgan fingerprint density at radius 2 is 2.19 bits per heavy atom. The Kier molecular flexibility index (Phi) is 3.59. The van der Waals surface area contributed by atoms with Crippen LogP contribution in [0.5, 0.6) is 0 Å². The largest absolute Gasteiger partial charge is 0.480 e. The smallest absolute Gasteiger partial charge is 0.326 e. The SMILES string of the molecule is O=C(O)[C@@H]1C[C@@H](O)CN1C(=O)N(Cc1ccco1)C1CC1. The third-order valence-electron chi connectivity index (χ3n) is 3.95. The Hall–Kier alpha value is -2.02. The molecule has 1 aliphatic heterocycles. The standard InChI is InChI=1S/C14H18N2O5/c17-10-6-12(13(18)19)16(7-10)14(20)15(9-3-4-9)8-11-2-1-5-21-11/h1-2,5,9-10,12,17H,3-4,6-8H2,(H,18,19)/t10-,12+/m1/s1. The number of hydrogen-bond acceptors (Lipinski definition) is 4. The van der Waals surface area contributed by atoms with Crippen LogP contribution >= 0.6 is 0 Å². The maximum absolute atomic E-state index is 12.6. The molecule has 21 heavy (non-hydrogen) atoms. The number of urea groups is 1. The monoisotopic (exact) mass is 294 g/mol. The average molecular weight is 294 g/mol. The molecular weight excluding hydrogens is 276 g/mol. The fourth-order valence-electron chi connectivity index (χ4n) is 2.73. The van der Waals surface area contributed by atoms with E-state index in [0.717, 1.165) is 12.8 Å². The minimum absolute atomic E-state index is 0.0666. The topological polar surface area (TPSA) is 94.2 Å². The molecular formula is C14H18N2O5. The number of nitrogens with zero attached hydrogens (tertiary/aromatic N) is 2. The minimum atomic E-state index is -1.08. The number of furan rings is 1. The number of likely N-dealkylation sites (tertiary alicyclic amines) is 1. The molecule has 2 N–H and O–H groups in total. The number of carbonyl (C=O) groups is 2. The summed E-state index contributed by atoms with van der Waals surface area (Å²) in [5.41, 5.74) is 0. The Morgan fingerprint density at radius 1 is 1.43 bits per heavy atom. The van der Waals surface area contributed by atoms with E-state index in [-0.39, 0.29) is 25.0 Å². The Labute approximate surface area is 121 Å². The summed E-state index contributed by atoms with van der Waals surface area (Å²) in [7, 11) is 0. The lowest BCUT2D eigenvalue weighted by Gasteiger charge is -2.29. The van der Waals surface area contributed by atoms with Crippen LogP contribution in [0.3, 0.4) is 0 Å². The summed E-state index contributed by atoms with van der Waals surface area (Å²) in [5, 5.41) is 18.9. The molecule has 2 heterocycles. The van der Waals surface area contributed by atoms with Crippen LogP contribution in [0.15, 0.2) is 22.8 Å². The van der Waals surface area contributed by atoms with Crippen LogP contribution in [-0.2, 0) is 11.3 Å². The Bertz CT molecular complexity index is 525. The summed E-state index contributed by atoms with van der Waals surface area (Å²) in [6.45, 7) is 0.395. The molecule has 1 aromatic rings. The molecule has 2 aliphatic rings. The van der Waals surface area contributed by atoms with Gasteiger partial charge in [0.2, 0.25) is 0 Å². The summed E-state index contributed by atoms with van der Waals surface area (Å²) in [5.74, 6) is -0.407. The maximum Gasteiger partial charge on any atom is 0.326 e. The highest BCUT2D eigenvalue weighted by Gasteiger charge is 2.43. The van der Waals surface area contributed by atoms with E-state index < -0.39 is 18.1 Å². The third-order valence-corrected chi connectivity index (χ3v) is 3.95. The van der Waals surface area contributed by atoms with Gasteiger partial charge < -0.3 is 24.4 Å². The first-order valence-electron chi connectivity index (χ1n) is 7.06. The molecule has 1 aromatic heterocycles. The van der Waals surface area contributed by atoms with E-state index in [9.17, 15) is 19.8 Å². The molecule has 114 valence electrons. The quantitative estimate of drug-likeness (QED) is 0.860. The van der Waals surface area contributed by atoms with Crippen molar-refractivity contribution in [1.29, 1.82) is 0 Å². The molecule has 2 atom stereocenters. The van der Waals surface area contributed by atoms with Crippen molar-refractivity contribution in [2.24, 2.45) is 0 Å². The Balaban J connectivity index is 1.75. The molecule has 1 aliphatic carbocycles. The van der Waals surface area contributed by atoms with Gasteiger partial charge in [0.05, 0.1) is 18.9 Å². The number of carbonyl (C=O) groups excluding carboxylic acids is 1. The van der Waals surface area contributed by atoms with E-state index in [1.807, 2.05) is 0 Å². The molecule has 3 rings (SSSR count). The molecule has 7 nitrogen and oxygen atoms in total. The molecule has 0 radical (unpaired) electrons. The molecule has 0 unspecified atom stereocenters. The second-order valence-corrected chi connectivity index (χ2v) is 5.62. The zero-order valence-corrected chi connectivity index (χ0v) is 11.5. The van der Waals surface area contributed by atoms with Gasteiger partial charge in [-0.15, -0.1) is 0 Å². The van der Waals surface area contributed by atoms with Gasteiger partial charge in [0, 0.05) is 19.0 Å². The van der Waals surface area contributed by atoms with Crippen molar-refractivity contribution in [2.75, 3.05) is 6.54 Å². The van der Waals surface area contributed by atoms with E-state index in [1.54, 1.807) is 23.3 Å². The number of amides is 2. The van der Waals surface area contributed by atoms with Gasteiger partial charge in [0.15, 0.2) is 0 Å². The molecule has 0 aromatic carbocycles. The summed E-state index contributed by atoms with van der Waals surface area (Å²) in [4.78, 5) is 26.8. The van der Waals surface area contributed by atoms with Crippen molar-refractivity contribution >= 4 is 12.0 Å². The Morgan fingerprint density at radius 3 is 2.76 bits per heavy atom. The van der Waals surface area contributed by atoms with E-state index in [2.05, 4.69) is 0 Å². The lowest BCUT2D eigenvalue weighted by atomic mass is 10.2. The first-order chi connectivity index (χ1) is 10.1. The van der Waals surface area contributed by atoms with Gasteiger partial charge in [-0.2, -0.15) is 0 Å². The van der Waals surface area contributed by atoms with Crippen LogP contribution in [0, 0.1) is 0 Å². The summed E-state index contributed by atoms with van der Waals surface area (Å²) >= 11 is 0. The summed E-state index contributed by atoms with van der Waals surface area (Å²) in [6, 6.07) is 2.39. The van der Waals surface area contributed by atoms with E-state index in [1.165, 1.54) is 4.90 Å². The van der Waals surface area contributed by atoms with Gasteiger partial charge >= 0.3 is 12.0 Å². The average Bonchev–Trinajstić information content (AvgIpc) is 2.99. The number of hydrogen-bond donors (Lipinski definition) is 2. The first-order valence-corrected chi connectivity index (χ1v) is 7.06. The second kappa shape index (κ2) is 5.40. The van der Waals surface area contributed by atoms with Gasteiger partial charge in [-0.25, -0.2) is 9.59 Å². The lowest BCUT2D eigenvalue weighted by Crippen LogP contribution is -2.48. The minimum Gasteiger partial charge on any atom is -0.480 e. The maximum atomic E-state index is 12.6. The van der Waals surface area contributed by atoms with Crippen LogP contribution in [0.2, 0.25) is 0 Å². The fraction of sp³-hybridized carbons (Fsp3) is 0.571. The zero-order valence-electron chi connectivity index (χ0n) is 11.5. The summed E-state index contributed by atoms with van der Waals surface area (Å²) < 4.78 is 5.27. The van der Waals surface area contributed by atoms with E-state index in [0.29, 0.717) is 12.3 Å². The van der Waals surface area contributed by atoms with Gasteiger partial charge in [-0.3, -0.25) is 0 Å². The zero-order chi connectivity index (χ0) is 15.0. The lowest BCUT2D eigenvalue weighted by molar-refractivity contribution is -0.141. The number of β-amino-alcohol motifs (C(OH)–C–C–N with tert-alkyl or cyclic N) is 1. The number of carboxylic acids is 1. The number of aliphatic hydroxyl groups is 1. The molecule has 0 bridgehead atoms. The van der Waals surface area contributed by atoms with E-state index in [4.69, 9.17) is 4.42 Å². The molecule has 0 spiro atoms. The normalized spacial score (nSPS) is 25.1. The molecule has 1 saturated carbocycles. The summed E-state index contributed by atoms with van der Waals surface area (Å²) in [6.07, 6.45) is 2.69. The number of rotatable bonds is 4. The van der Waals surface area contributed by atoms with Gasteiger partial charge in [-0.1, -0.05) is 0 Å².